The average molecular weight is 419 g/mol. The Morgan fingerprint density at radius 3 is 2.26 bits per heavy atom. The van der Waals surface area contributed by atoms with Crippen molar-refractivity contribution >= 4 is 17.3 Å². The predicted octanol–water partition coefficient (Wildman–Crippen LogP) is 5.74. The van der Waals surface area contributed by atoms with Gasteiger partial charge in [-0.15, -0.1) is 0 Å². The first-order chi connectivity index (χ1) is 15.1. The lowest BCUT2D eigenvalue weighted by atomic mass is 10.1. The van der Waals surface area contributed by atoms with E-state index in [0.717, 1.165) is 29.2 Å². The number of amides is 1. The molecule has 1 amide bonds. The standard InChI is InChI=1S/C26H30N2O3/c1-20(2)14-15-30-24-12-7-11-23(17-24)28-26(29)18-27-22-10-6-13-25(16-22)31-19-21-8-4-3-5-9-21/h3-13,16-17,20,27H,14-15,18-19H2,1-2H3,(H,28,29). The van der Waals surface area contributed by atoms with Crippen LogP contribution in [0.2, 0.25) is 0 Å². The van der Waals surface area contributed by atoms with Gasteiger partial charge in [-0.05, 0) is 42.2 Å². The Balaban J connectivity index is 1.46. The Morgan fingerprint density at radius 1 is 0.839 bits per heavy atom. The van der Waals surface area contributed by atoms with E-state index in [2.05, 4.69) is 24.5 Å². The third kappa shape index (κ3) is 8.05. The minimum Gasteiger partial charge on any atom is -0.494 e. The summed E-state index contributed by atoms with van der Waals surface area (Å²) < 4.78 is 11.6. The van der Waals surface area contributed by atoms with Crippen LogP contribution in [0.3, 0.4) is 0 Å². The van der Waals surface area contributed by atoms with E-state index < -0.39 is 0 Å². The van der Waals surface area contributed by atoms with Crippen molar-refractivity contribution < 1.29 is 14.3 Å². The second-order valence-corrected chi connectivity index (χ2v) is 7.76. The molecule has 0 spiro atoms. The van der Waals surface area contributed by atoms with Crippen molar-refractivity contribution in [3.8, 4) is 11.5 Å². The van der Waals surface area contributed by atoms with E-state index in [4.69, 9.17) is 9.47 Å². The Morgan fingerprint density at radius 2 is 1.52 bits per heavy atom. The number of anilines is 2. The summed E-state index contributed by atoms with van der Waals surface area (Å²) in [5.74, 6) is 1.97. The highest BCUT2D eigenvalue weighted by Crippen LogP contribution is 2.20. The summed E-state index contributed by atoms with van der Waals surface area (Å²) in [6.07, 6.45) is 0.995. The molecule has 0 bridgehead atoms. The van der Waals surface area contributed by atoms with Crippen molar-refractivity contribution in [2.45, 2.75) is 26.9 Å². The van der Waals surface area contributed by atoms with Gasteiger partial charge in [-0.3, -0.25) is 4.79 Å². The van der Waals surface area contributed by atoms with Gasteiger partial charge >= 0.3 is 0 Å². The molecule has 162 valence electrons. The number of nitrogens with one attached hydrogen (secondary N) is 2. The number of hydrogen-bond acceptors (Lipinski definition) is 4. The van der Waals surface area contributed by atoms with Gasteiger partial charge in [-0.1, -0.05) is 56.3 Å². The van der Waals surface area contributed by atoms with Crippen molar-refractivity contribution in [1.82, 2.24) is 0 Å². The topological polar surface area (TPSA) is 59.6 Å². The molecule has 0 aliphatic carbocycles. The Labute approximate surface area is 184 Å². The lowest BCUT2D eigenvalue weighted by Gasteiger charge is -2.12. The van der Waals surface area contributed by atoms with Crippen LogP contribution in [0.4, 0.5) is 11.4 Å². The summed E-state index contributed by atoms with van der Waals surface area (Å²) in [5.41, 5.74) is 2.65. The normalized spacial score (nSPS) is 10.5. The van der Waals surface area contributed by atoms with Crippen molar-refractivity contribution in [3.05, 3.63) is 84.4 Å². The van der Waals surface area contributed by atoms with Crippen LogP contribution in [0.5, 0.6) is 11.5 Å². The van der Waals surface area contributed by atoms with E-state index in [-0.39, 0.29) is 12.5 Å². The minimum absolute atomic E-state index is 0.130. The molecule has 0 unspecified atom stereocenters. The molecule has 0 saturated heterocycles. The van der Waals surface area contributed by atoms with E-state index in [0.29, 0.717) is 24.8 Å². The highest BCUT2D eigenvalue weighted by atomic mass is 16.5. The molecule has 0 saturated carbocycles. The van der Waals surface area contributed by atoms with E-state index in [9.17, 15) is 4.79 Å². The Hall–Kier alpha value is -3.47. The van der Waals surface area contributed by atoms with Crippen LogP contribution in [-0.4, -0.2) is 19.1 Å². The van der Waals surface area contributed by atoms with E-state index in [1.54, 1.807) is 0 Å². The lowest BCUT2D eigenvalue weighted by Crippen LogP contribution is -2.21. The third-order valence-electron chi connectivity index (χ3n) is 4.62. The zero-order valence-electron chi connectivity index (χ0n) is 18.1. The molecule has 3 aromatic rings. The first kappa shape index (κ1) is 22.2. The molecular weight excluding hydrogens is 388 g/mol. The molecule has 0 atom stereocenters. The van der Waals surface area contributed by atoms with Crippen LogP contribution < -0.4 is 20.1 Å². The number of carbonyl (C=O) groups is 1. The van der Waals surface area contributed by atoms with Gasteiger partial charge in [-0.25, -0.2) is 0 Å². The molecule has 0 aromatic heterocycles. The van der Waals surface area contributed by atoms with Crippen LogP contribution in [0.1, 0.15) is 25.8 Å². The fourth-order valence-electron chi connectivity index (χ4n) is 2.90. The summed E-state index contributed by atoms with van der Waals surface area (Å²) in [7, 11) is 0. The molecule has 0 aliphatic heterocycles. The monoisotopic (exact) mass is 418 g/mol. The summed E-state index contributed by atoms with van der Waals surface area (Å²) in [6, 6.07) is 25.1. The van der Waals surface area contributed by atoms with Gasteiger partial charge in [-0.2, -0.15) is 0 Å². The predicted molar refractivity (Wildman–Crippen MR) is 126 cm³/mol. The molecular formula is C26H30N2O3. The second-order valence-electron chi connectivity index (χ2n) is 7.76. The average Bonchev–Trinajstić information content (AvgIpc) is 2.77. The molecule has 31 heavy (non-hydrogen) atoms. The van der Waals surface area contributed by atoms with Crippen LogP contribution in [-0.2, 0) is 11.4 Å². The fraction of sp³-hybridized carbons (Fsp3) is 0.269. The van der Waals surface area contributed by atoms with Gasteiger partial charge in [0.1, 0.15) is 18.1 Å². The zero-order valence-corrected chi connectivity index (χ0v) is 18.1. The molecule has 0 radical (unpaired) electrons. The zero-order chi connectivity index (χ0) is 21.9. The van der Waals surface area contributed by atoms with Crippen molar-refractivity contribution in [3.63, 3.8) is 0 Å². The molecule has 5 heteroatoms. The quantitative estimate of drug-likeness (QED) is 0.417. The van der Waals surface area contributed by atoms with Gasteiger partial charge in [0.15, 0.2) is 0 Å². The molecule has 0 aliphatic rings. The van der Waals surface area contributed by atoms with E-state index in [1.165, 1.54) is 0 Å². The number of ether oxygens (including phenoxy) is 2. The van der Waals surface area contributed by atoms with Crippen molar-refractivity contribution in [2.24, 2.45) is 5.92 Å². The molecule has 3 aromatic carbocycles. The number of carbonyl (C=O) groups excluding carboxylic acids is 1. The van der Waals surface area contributed by atoms with Gasteiger partial charge in [0.2, 0.25) is 5.91 Å². The fourth-order valence-corrected chi connectivity index (χ4v) is 2.90. The highest BCUT2D eigenvalue weighted by molar-refractivity contribution is 5.93. The highest BCUT2D eigenvalue weighted by Gasteiger charge is 2.05. The largest absolute Gasteiger partial charge is 0.494 e. The Kier molecular flexibility index (Phi) is 8.35. The maximum absolute atomic E-state index is 12.4. The molecule has 0 fully saturated rings. The van der Waals surface area contributed by atoms with Gasteiger partial charge in [0.25, 0.3) is 0 Å². The summed E-state index contributed by atoms with van der Waals surface area (Å²) in [6.45, 7) is 5.65. The van der Waals surface area contributed by atoms with Gasteiger partial charge in [0, 0.05) is 23.5 Å². The second kappa shape index (κ2) is 11.6. The van der Waals surface area contributed by atoms with Gasteiger partial charge < -0.3 is 20.1 Å². The summed E-state index contributed by atoms with van der Waals surface area (Å²) >= 11 is 0. The van der Waals surface area contributed by atoms with Gasteiger partial charge in [0.05, 0.1) is 13.2 Å². The van der Waals surface area contributed by atoms with Crippen LogP contribution in [0, 0.1) is 5.92 Å². The van der Waals surface area contributed by atoms with Crippen molar-refractivity contribution in [1.29, 1.82) is 0 Å². The van der Waals surface area contributed by atoms with Crippen LogP contribution in [0.25, 0.3) is 0 Å². The first-order valence-electron chi connectivity index (χ1n) is 10.6. The lowest BCUT2D eigenvalue weighted by molar-refractivity contribution is -0.114. The number of hydrogen-bond donors (Lipinski definition) is 2. The van der Waals surface area contributed by atoms with Crippen molar-refractivity contribution in [2.75, 3.05) is 23.8 Å². The van der Waals surface area contributed by atoms with Crippen LogP contribution in [0.15, 0.2) is 78.9 Å². The molecule has 2 N–H and O–H groups in total. The SMILES string of the molecule is CC(C)CCOc1cccc(NC(=O)CNc2cccc(OCc3ccccc3)c2)c1. The Bertz CT molecular complexity index is 958. The minimum atomic E-state index is -0.130. The van der Waals surface area contributed by atoms with E-state index in [1.807, 2.05) is 78.9 Å². The van der Waals surface area contributed by atoms with Crippen LogP contribution >= 0.6 is 0 Å². The maximum atomic E-state index is 12.4. The summed E-state index contributed by atoms with van der Waals surface area (Å²) in [4.78, 5) is 12.4. The summed E-state index contributed by atoms with van der Waals surface area (Å²) in [5, 5.41) is 6.04. The molecule has 0 heterocycles. The first-order valence-corrected chi connectivity index (χ1v) is 10.6. The molecule has 5 nitrogen and oxygen atoms in total. The maximum Gasteiger partial charge on any atom is 0.243 e. The smallest absolute Gasteiger partial charge is 0.243 e. The number of benzene rings is 3. The molecule has 3 rings (SSSR count). The van der Waals surface area contributed by atoms with E-state index >= 15 is 0 Å². The third-order valence-corrected chi connectivity index (χ3v) is 4.62. The number of rotatable bonds is 11.